The largest absolute Gasteiger partial charge is 0.394 e. The number of hydrogen-bond acceptors (Lipinski definition) is 3. The molecule has 2 nitrogen and oxygen atoms in total. The molecule has 0 aliphatic carbocycles. The lowest BCUT2D eigenvalue weighted by molar-refractivity contribution is 0.165. The zero-order valence-corrected chi connectivity index (χ0v) is 11.3. The van der Waals surface area contributed by atoms with Gasteiger partial charge in [0.1, 0.15) is 0 Å². The van der Waals surface area contributed by atoms with Gasteiger partial charge in [0.05, 0.1) is 6.61 Å². The minimum absolute atomic E-state index is 0.0667. The molecule has 0 fully saturated rings. The lowest BCUT2D eigenvalue weighted by Crippen LogP contribution is -2.46. The van der Waals surface area contributed by atoms with Crippen molar-refractivity contribution in [1.82, 2.24) is 5.32 Å². The van der Waals surface area contributed by atoms with E-state index >= 15 is 0 Å². The van der Waals surface area contributed by atoms with E-state index in [-0.39, 0.29) is 12.1 Å². The van der Waals surface area contributed by atoms with Gasteiger partial charge in [0, 0.05) is 5.54 Å². The minimum Gasteiger partial charge on any atom is -0.394 e. The second kappa shape index (κ2) is 9.49. The maximum atomic E-state index is 9.35. The van der Waals surface area contributed by atoms with Crippen molar-refractivity contribution in [1.29, 1.82) is 0 Å². The summed E-state index contributed by atoms with van der Waals surface area (Å²) in [5.74, 6) is 2.48. The lowest BCUT2D eigenvalue weighted by Gasteiger charge is -2.28. The predicted molar refractivity (Wildman–Crippen MR) is 70.6 cm³/mol. The minimum atomic E-state index is -0.0667. The maximum Gasteiger partial charge on any atom is 0.0610 e. The molecule has 0 radical (unpaired) electrons. The molecule has 1 unspecified atom stereocenters. The van der Waals surface area contributed by atoms with Gasteiger partial charge in [-0.25, -0.2) is 0 Å². The van der Waals surface area contributed by atoms with Crippen molar-refractivity contribution in [3.8, 4) is 0 Å². The van der Waals surface area contributed by atoms with E-state index in [1.165, 1.54) is 24.3 Å². The average molecular weight is 233 g/mol. The summed E-state index contributed by atoms with van der Waals surface area (Å²) in [6.45, 7) is 7.73. The molecule has 0 bridgehead atoms. The Kier molecular flexibility index (Phi) is 9.66. The molecule has 0 amide bonds. The Bertz CT molecular complexity index is 144. The summed E-state index contributed by atoms with van der Waals surface area (Å²) in [5, 5.41) is 12.8. The number of nitrogens with one attached hydrogen (secondary N) is 1. The number of aliphatic hydroxyl groups excluding tert-OH is 1. The summed E-state index contributed by atoms with van der Waals surface area (Å²) >= 11 is 2.02. The van der Waals surface area contributed by atoms with Gasteiger partial charge in [-0.2, -0.15) is 11.8 Å². The van der Waals surface area contributed by atoms with Gasteiger partial charge in [-0.15, -0.1) is 0 Å². The number of aliphatic hydroxyl groups is 1. The van der Waals surface area contributed by atoms with Gasteiger partial charge < -0.3 is 10.4 Å². The van der Waals surface area contributed by atoms with Crippen molar-refractivity contribution >= 4 is 11.8 Å². The van der Waals surface area contributed by atoms with Crippen LogP contribution in [0.25, 0.3) is 0 Å². The maximum absolute atomic E-state index is 9.35. The van der Waals surface area contributed by atoms with E-state index in [0.29, 0.717) is 0 Å². The molecule has 0 aromatic rings. The molecular weight excluding hydrogens is 206 g/mol. The van der Waals surface area contributed by atoms with Gasteiger partial charge in [-0.3, -0.25) is 0 Å². The van der Waals surface area contributed by atoms with Gasteiger partial charge >= 0.3 is 0 Å². The highest BCUT2D eigenvalue weighted by molar-refractivity contribution is 7.99. The monoisotopic (exact) mass is 233 g/mol. The third kappa shape index (κ3) is 8.12. The molecule has 1 atom stereocenters. The fourth-order valence-corrected chi connectivity index (χ4v) is 2.30. The summed E-state index contributed by atoms with van der Waals surface area (Å²) < 4.78 is 0. The third-order valence-corrected chi connectivity index (χ3v) is 3.79. The van der Waals surface area contributed by atoms with Gasteiger partial charge in [0.2, 0.25) is 0 Å². The topological polar surface area (TPSA) is 32.3 Å². The van der Waals surface area contributed by atoms with Crippen LogP contribution in [-0.4, -0.2) is 35.3 Å². The van der Waals surface area contributed by atoms with Gasteiger partial charge in [0.15, 0.2) is 0 Å². The van der Waals surface area contributed by atoms with Gasteiger partial charge in [-0.05, 0) is 50.7 Å². The highest BCUT2D eigenvalue weighted by atomic mass is 32.2. The third-order valence-electron chi connectivity index (χ3n) is 2.52. The van der Waals surface area contributed by atoms with Crippen LogP contribution in [0.1, 0.15) is 46.5 Å². The normalized spacial score (nSPS) is 15.2. The highest BCUT2D eigenvalue weighted by Crippen LogP contribution is 2.15. The lowest BCUT2D eigenvalue weighted by atomic mass is 9.97. The van der Waals surface area contributed by atoms with Crippen LogP contribution in [0.5, 0.6) is 0 Å². The van der Waals surface area contributed by atoms with Gasteiger partial charge in [-0.1, -0.05) is 13.8 Å². The van der Waals surface area contributed by atoms with Crippen molar-refractivity contribution in [2.75, 3.05) is 24.7 Å². The van der Waals surface area contributed by atoms with Crippen LogP contribution in [0, 0.1) is 0 Å². The summed E-state index contributed by atoms with van der Waals surface area (Å²) in [4.78, 5) is 0. The first-order valence-corrected chi connectivity index (χ1v) is 7.27. The number of hydrogen-bond donors (Lipinski definition) is 2. The molecule has 0 saturated carbocycles. The molecule has 3 heteroatoms. The van der Waals surface area contributed by atoms with Crippen LogP contribution < -0.4 is 5.32 Å². The molecule has 0 saturated heterocycles. The Morgan fingerprint density at radius 3 is 2.47 bits per heavy atom. The summed E-state index contributed by atoms with van der Waals surface area (Å²) in [6.07, 6.45) is 4.65. The van der Waals surface area contributed by atoms with Crippen LogP contribution in [0.2, 0.25) is 0 Å². The van der Waals surface area contributed by atoms with E-state index in [9.17, 15) is 5.11 Å². The Balaban J connectivity index is 3.58. The Morgan fingerprint density at radius 2 is 1.93 bits per heavy atom. The van der Waals surface area contributed by atoms with Crippen LogP contribution in [0.3, 0.4) is 0 Å². The standard InChI is InChI=1S/C12H27NOS/c1-4-8-13-12(3,11-14)7-6-10-15-9-5-2/h13-14H,4-11H2,1-3H3. The quantitative estimate of drug-likeness (QED) is 0.569. The molecule has 0 aliphatic heterocycles. The number of thioether (sulfide) groups is 1. The second-order valence-electron chi connectivity index (χ2n) is 4.36. The first kappa shape index (κ1) is 15.3. The number of rotatable bonds is 10. The van der Waals surface area contributed by atoms with E-state index < -0.39 is 0 Å². The van der Waals surface area contributed by atoms with E-state index in [1.807, 2.05) is 11.8 Å². The first-order valence-electron chi connectivity index (χ1n) is 6.12. The van der Waals surface area contributed by atoms with Gasteiger partial charge in [0.25, 0.3) is 0 Å². The second-order valence-corrected chi connectivity index (χ2v) is 5.59. The predicted octanol–water partition coefficient (Wildman–Crippen LogP) is 2.66. The molecule has 0 heterocycles. The van der Waals surface area contributed by atoms with E-state index in [2.05, 4.69) is 26.1 Å². The molecule has 0 aromatic carbocycles. The fraction of sp³-hybridized carbons (Fsp3) is 1.00. The van der Waals surface area contributed by atoms with E-state index in [4.69, 9.17) is 0 Å². The molecule has 92 valence electrons. The van der Waals surface area contributed by atoms with Crippen molar-refractivity contribution < 1.29 is 5.11 Å². The van der Waals surface area contributed by atoms with E-state index in [1.54, 1.807) is 0 Å². The van der Waals surface area contributed by atoms with Crippen molar-refractivity contribution in [3.63, 3.8) is 0 Å². The Hall–Kier alpha value is 0.270. The Morgan fingerprint density at radius 1 is 1.20 bits per heavy atom. The molecule has 2 N–H and O–H groups in total. The molecule has 15 heavy (non-hydrogen) atoms. The average Bonchev–Trinajstić information content (AvgIpc) is 2.26. The SMILES string of the molecule is CCCNC(C)(CO)CCCSCCC. The molecular formula is C12H27NOS. The molecule has 0 aliphatic rings. The van der Waals surface area contributed by atoms with Crippen LogP contribution >= 0.6 is 11.8 Å². The van der Waals surface area contributed by atoms with E-state index in [0.717, 1.165) is 19.4 Å². The van der Waals surface area contributed by atoms with Crippen molar-refractivity contribution in [2.24, 2.45) is 0 Å². The first-order chi connectivity index (χ1) is 7.18. The fourth-order valence-electron chi connectivity index (χ4n) is 1.46. The highest BCUT2D eigenvalue weighted by Gasteiger charge is 2.20. The summed E-state index contributed by atoms with van der Waals surface area (Å²) in [7, 11) is 0. The zero-order valence-electron chi connectivity index (χ0n) is 10.5. The Labute approximate surface area is 99.2 Å². The smallest absolute Gasteiger partial charge is 0.0610 e. The van der Waals surface area contributed by atoms with Crippen molar-refractivity contribution in [2.45, 2.75) is 52.0 Å². The molecule has 0 rings (SSSR count). The molecule has 0 spiro atoms. The summed E-state index contributed by atoms with van der Waals surface area (Å²) in [5.41, 5.74) is -0.0667. The molecule has 0 aromatic heterocycles. The van der Waals surface area contributed by atoms with Crippen LogP contribution in [0.4, 0.5) is 0 Å². The summed E-state index contributed by atoms with van der Waals surface area (Å²) in [6, 6.07) is 0. The van der Waals surface area contributed by atoms with Crippen LogP contribution in [0.15, 0.2) is 0 Å². The zero-order chi connectivity index (χ0) is 11.6. The van der Waals surface area contributed by atoms with Crippen LogP contribution in [-0.2, 0) is 0 Å². The van der Waals surface area contributed by atoms with Crippen molar-refractivity contribution in [3.05, 3.63) is 0 Å².